The fraction of sp³-hybridized carbons (Fsp3) is 0.444. The normalized spacial score (nSPS) is 14.9. The Balaban J connectivity index is 1.50. The van der Waals surface area contributed by atoms with Crippen molar-refractivity contribution in [1.29, 1.82) is 5.26 Å². The summed E-state index contributed by atoms with van der Waals surface area (Å²) < 4.78 is 3.36. The lowest BCUT2D eigenvalue weighted by Crippen LogP contribution is -2.19. The number of hydrogen-bond donors (Lipinski definition) is 3. The molecular formula is C18H21ClN8O. The number of nitrogens with two attached hydrogens (primary N) is 1. The summed E-state index contributed by atoms with van der Waals surface area (Å²) >= 11 is 6.25. The van der Waals surface area contributed by atoms with Gasteiger partial charge in [0, 0.05) is 25.8 Å². The van der Waals surface area contributed by atoms with E-state index in [-0.39, 0.29) is 23.5 Å². The summed E-state index contributed by atoms with van der Waals surface area (Å²) in [6, 6.07) is 4.06. The molecule has 0 unspecified atom stereocenters. The SMILES string of the molecule is Cc1nn2c(N)c(C#N)c(NCCc3ccn(C4(CCO)CC4)n3)nc2c1Cl. The molecule has 10 heteroatoms. The standard InChI is InChI=1S/C18H21ClN8O/c1-11-14(19)17-23-16(13(10-20)15(21)27(17)24-11)22-7-2-12-3-8-26(25-12)18(4-5-18)6-9-28/h3,8,28H,2,4-7,9,21H2,1H3,(H,22,23). The second kappa shape index (κ2) is 6.96. The number of aliphatic hydroxyl groups excluding tert-OH is 1. The lowest BCUT2D eigenvalue weighted by atomic mass is 10.2. The molecule has 0 bridgehead atoms. The Labute approximate surface area is 166 Å². The summed E-state index contributed by atoms with van der Waals surface area (Å²) in [6.45, 7) is 2.46. The van der Waals surface area contributed by atoms with Gasteiger partial charge in [-0.05, 0) is 32.3 Å². The molecule has 4 rings (SSSR count). The predicted molar refractivity (Wildman–Crippen MR) is 105 cm³/mol. The summed E-state index contributed by atoms with van der Waals surface area (Å²) in [5.74, 6) is 0.585. The molecule has 3 heterocycles. The van der Waals surface area contributed by atoms with E-state index in [1.807, 2.05) is 16.9 Å². The predicted octanol–water partition coefficient (Wildman–Crippen LogP) is 1.87. The Kier molecular flexibility index (Phi) is 4.61. The van der Waals surface area contributed by atoms with Crippen molar-refractivity contribution in [3.63, 3.8) is 0 Å². The Morgan fingerprint density at radius 3 is 2.89 bits per heavy atom. The van der Waals surface area contributed by atoms with E-state index in [4.69, 9.17) is 17.3 Å². The minimum absolute atomic E-state index is 0.00787. The van der Waals surface area contributed by atoms with Gasteiger partial charge < -0.3 is 16.2 Å². The number of halogens is 1. The number of aromatic nitrogens is 5. The zero-order chi connectivity index (χ0) is 19.9. The van der Waals surface area contributed by atoms with Crippen LogP contribution in [-0.2, 0) is 12.0 Å². The largest absolute Gasteiger partial charge is 0.396 e. The van der Waals surface area contributed by atoms with Crippen LogP contribution in [-0.4, -0.2) is 42.6 Å². The third-order valence-electron chi connectivity index (χ3n) is 5.22. The van der Waals surface area contributed by atoms with Crippen LogP contribution in [0.4, 0.5) is 11.6 Å². The molecule has 1 aliphatic carbocycles. The van der Waals surface area contributed by atoms with Crippen molar-refractivity contribution in [1.82, 2.24) is 24.4 Å². The maximum Gasteiger partial charge on any atom is 0.178 e. The Bertz CT molecular complexity index is 1080. The number of nitrogens with zero attached hydrogens (tertiary/aromatic N) is 6. The van der Waals surface area contributed by atoms with Gasteiger partial charge in [-0.15, -0.1) is 0 Å². The maximum atomic E-state index is 9.48. The molecule has 3 aromatic heterocycles. The van der Waals surface area contributed by atoms with Gasteiger partial charge in [0.05, 0.1) is 16.9 Å². The number of fused-ring (bicyclic) bond motifs is 1. The van der Waals surface area contributed by atoms with Crippen molar-refractivity contribution in [3.05, 3.63) is 34.2 Å². The number of aryl methyl sites for hydroxylation is 1. The van der Waals surface area contributed by atoms with Gasteiger partial charge in [-0.25, -0.2) is 4.98 Å². The highest BCUT2D eigenvalue weighted by Crippen LogP contribution is 2.45. The first-order valence-electron chi connectivity index (χ1n) is 9.13. The van der Waals surface area contributed by atoms with Crippen molar-refractivity contribution >= 4 is 28.9 Å². The average Bonchev–Trinajstić information content (AvgIpc) is 3.20. The van der Waals surface area contributed by atoms with E-state index >= 15 is 0 Å². The first-order chi connectivity index (χ1) is 13.5. The Hall–Kier alpha value is -2.83. The van der Waals surface area contributed by atoms with E-state index in [2.05, 4.69) is 26.6 Å². The van der Waals surface area contributed by atoms with E-state index in [1.165, 1.54) is 4.52 Å². The van der Waals surface area contributed by atoms with Crippen molar-refractivity contribution in [2.45, 2.75) is 38.1 Å². The van der Waals surface area contributed by atoms with E-state index in [1.54, 1.807) is 6.92 Å². The molecule has 0 aromatic carbocycles. The molecule has 1 saturated carbocycles. The van der Waals surface area contributed by atoms with Gasteiger partial charge in [-0.1, -0.05) is 11.6 Å². The minimum atomic E-state index is -0.00787. The highest BCUT2D eigenvalue weighted by Gasteiger charge is 2.44. The van der Waals surface area contributed by atoms with Gasteiger partial charge >= 0.3 is 0 Å². The molecule has 0 atom stereocenters. The van der Waals surface area contributed by atoms with Crippen molar-refractivity contribution in [2.24, 2.45) is 0 Å². The molecule has 1 fully saturated rings. The number of nitrogen functional groups attached to an aromatic ring is 1. The molecule has 3 aromatic rings. The third kappa shape index (κ3) is 3.04. The molecule has 0 aliphatic heterocycles. The number of nitriles is 1. The summed E-state index contributed by atoms with van der Waals surface area (Å²) in [7, 11) is 0. The van der Waals surface area contributed by atoms with Gasteiger partial charge in [-0.3, -0.25) is 4.68 Å². The molecule has 0 amide bonds. The molecule has 0 spiro atoms. The van der Waals surface area contributed by atoms with Crippen LogP contribution in [0.1, 0.15) is 36.2 Å². The second-order valence-electron chi connectivity index (χ2n) is 7.09. The molecule has 0 saturated heterocycles. The van der Waals surface area contributed by atoms with Gasteiger partial charge in [0.15, 0.2) is 5.65 Å². The number of nitrogens with one attached hydrogen (secondary N) is 1. The van der Waals surface area contributed by atoms with Crippen molar-refractivity contribution in [2.75, 3.05) is 24.2 Å². The molecule has 0 radical (unpaired) electrons. The van der Waals surface area contributed by atoms with Gasteiger partial charge in [0.2, 0.25) is 0 Å². The summed E-state index contributed by atoms with van der Waals surface area (Å²) in [4.78, 5) is 4.44. The summed E-state index contributed by atoms with van der Waals surface area (Å²) in [6.07, 6.45) is 5.45. The van der Waals surface area contributed by atoms with E-state index in [0.29, 0.717) is 35.1 Å². The van der Waals surface area contributed by atoms with Crippen LogP contribution in [0.2, 0.25) is 5.02 Å². The van der Waals surface area contributed by atoms with Crippen LogP contribution in [0.25, 0.3) is 5.65 Å². The molecule has 9 nitrogen and oxygen atoms in total. The first-order valence-corrected chi connectivity index (χ1v) is 9.51. The fourth-order valence-corrected chi connectivity index (χ4v) is 3.56. The highest BCUT2D eigenvalue weighted by atomic mass is 35.5. The number of hydrogen-bond acceptors (Lipinski definition) is 7. The van der Waals surface area contributed by atoms with Gasteiger partial charge in [-0.2, -0.15) is 20.0 Å². The lowest BCUT2D eigenvalue weighted by Gasteiger charge is -2.14. The number of anilines is 2. The van der Waals surface area contributed by atoms with E-state index in [9.17, 15) is 10.4 Å². The second-order valence-corrected chi connectivity index (χ2v) is 7.47. The van der Waals surface area contributed by atoms with Crippen LogP contribution in [0, 0.1) is 18.3 Å². The van der Waals surface area contributed by atoms with Crippen LogP contribution in [0.5, 0.6) is 0 Å². The quantitative estimate of drug-likeness (QED) is 0.551. The Morgan fingerprint density at radius 2 is 2.21 bits per heavy atom. The van der Waals surface area contributed by atoms with Crippen molar-refractivity contribution in [3.8, 4) is 6.07 Å². The summed E-state index contributed by atoms with van der Waals surface area (Å²) in [5.41, 5.74) is 8.26. The monoisotopic (exact) mass is 400 g/mol. The fourth-order valence-electron chi connectivity index (χ4n) is 3.40. The van der Waals surface area contributed by atoms with Crippen LogP contribution in [0.3, 0.4) is 0 Å². The van der Waals surface area contributed by atoms with Gasteiger partial charge in [0.1, 0.15) is 28.3 Å². The lowest BCUT2D eigenvalue weighted by molar-refractivity contribution is 0.241. The molecule has 28 heavy (non-hydrogen) atoms. The van der Waals surface area contributed by atoms with Crippen LogP contribution in [0.15, 0.2) is 12.3 Å². The average molecular weight is 401 g/mol. The van der Waals surface area contributed by atoms with E-state index < -0.39 is 0 Å². The first kappa shape index (κ1) is 18.5. The zero-order valence-corrected chi connectivity index (χ0v) is 16.2. The highest BCUT2D eigenvalue weighted by molar-refractivity contribution is 6.34. The zero-order valence-electron chi connectivity index (χ0n) is 15.5. The molecule has 1 aliphatic rings. The van der Waals surface area contributed by atoms with Gasteiger partial charge in [0.25, 0.3) is 0 Å². The minimum Gasteiger partial charge on any atom is -0.396 e. The number of rotatable bonds is 7. The number of aliphatic hydroxyl groups is 1. The third-order valence-corrected chi connectivity index (χ3v) is 5.67. The molecular weight excluding hydrogens is 380 g/mol. The van der Waals surface area contributed by atoms with Crippen molar-refractivity contribution < 1.29 is 5.11 Å². The van der Waals surface area contributed by atoms with Crippen LogP contribution < -0.4 is 11.1 Å². The van der Waals surface area contributed by atoms with E-state index in [0.717, 1.165) is 25.0 Å². The topological polar surface area (TPSA) is 130 Å². The Morgan fingerprint density at radius 1 is 1.43 bits per heavy atom. The maximum absolute atomic E-state index is 9.48. The van der Waals surface area contributed by atoms with Crippen LogP contribution >= 0.6 is 11.6 Å². The molecule has 146 valence electrons. The smallest absolute Gasteiger partial charge is 0.178 e. The summed E-state index contributed by atoms with van der Waals surface area (Å²) in [5, 5.41) is 31.2. The molecule has 4 N–H and O–H groups in total.